The lowest BCUT2D eigenvalue weighted by Gasteiger charge is -2.13. The number of hydrogen-bond acceptors (Lipinski definition) is 1. The SMILES string of the molecule is Cc1c(I)cccc1NC(=O)CC1=CCCCC1. The van der Waals surface area contributed by atoms with E-state index in [0.29, 0.717) is 6.42 Å². The van der Waals surface area contributed by atoms with E-state index in [4.69, 9.17) is 0 Å². The number of amides is 1. The highest BCUT2D eigenvalue weighted by Gasteiger charge is 2.10. The lowest BCUT2D eigenvalue weighted by molar-refractivity contribution is -0.115. The third kappa shape index (κ3) is 3.57. The fourth-order valence-electron chi connectivity index (χ4n) is 2.21. The Kier molecular flexibility index (Phi) is 4.80. The van der Waals surface area contributed by atoms with Crippen LogP contribution in [-0.2, 0) is 4.79 Å². The highest BCUT2D eigenvalue weighted by Crippen LogP contribution is 2.23. The van der Waals surface area contributed by atoms with Gasteiger partial charge in [0, 0.05) is 15.7 Å². The van der Waals surface area contributed by atoms with Crippen LogP contribution in [0.3, 0.4) is 0 Å². The zero-order chi connectivity index (χ0) is 13.0. The minimum Gasteiger partial charge on any atom is -0.326 e. The molecule has 1 aliphatic carbocycles. The molecule has 1 aromatic carbocycles. The minimum atomic E-state index is 0.105. The molecular formula is C15H18INO. The largest absolute Gasteiger partial charge is 0.326 e. The summed E-state index contributed by atoms with van der Waals surface area (Å²) in [5.74, 6) is 0.105. The Bertz CT molecular complexity index is 479. The normalized spacial score (nSPS) is 15.1. The molecule has 0 atom stereocenters. The number of benzene rings is 1. The minimum absolute atomic E-state index is 0.105. The van der Waals surface area contributed by atoms with Crippen molar-refractivity contribution in [2.75, 3.05) is 5.32 Å². The molecule has 0 aromatic heterocycles. The number of halogens is 1. The van der Waals surface area contributed by atoms with Gasteiger partial charge in [0.25, 0.3) is 0 Å². The molecule has 0 aliphatic heterocycles. The lowest BCUT2D eigenvalue weighted by Crippen LogP contribution is -2.14. The summed E-state index contributed by atoms with van der Waals surface area (Å²) in [5, 5.41) is 3.01. The summed E-state index contributed by atoms with van der Waals surface area (Å²) >= 11 is 2.29. The summed E-state index contributed by atoms with van der Waals surface area (Å²) in [5.41, 5.74) is 3.37. The maximum Gasteiger partial charge on any atom is 0.228 e. The Morgan fingerprint density at radius 1 is 1.39 bits per heavy atom. The molecule has 0 unspecified atom stereocenters. The molecule has 0 spiro atoms. The number of carbonyl (C=O) groups is 1. The summed E-state index contributed by atoms with van der Waals surface area (Å²) in [4.78, 5) is 12.0. The first-order valence-electron chi connectivity index (χ1n) is 6.39. The second kappa shape index (κ2) is 6.36. The first-order valence-corrected chi connectivity index (χ1v) is 7.47. The van der Waals surface area contributed by atoms with Crippen molar-refractivity contribution in [3.05, 3.63) is 39.0 Å². The summed E-state index contributed by atoms with van der Waals surface area (Å²) in [6.07, 6.45) is 7.47. The second-order valence-corrected chi connectivity index (χ2v) is 5.91. The van der Waals surface area contributed by atoms with Crippen molar-refractivity contribution in [2.45, 2.75) is 39.0 Å². The second-order valence-electron chi connectivity index (χ2n) is 4.75. The van der Waals surface area contributed by atoms with Crippen LogP contribution in [0.1, 0.15) is 37.7 Å². The molecule has 0 heterocycles. The molecule has 1 N–H and O–H groups in total. The number of hydrogen-bond donors (Lipinski definition) is 1. The average Bonchev–Trinajstić information content (AvgIpc) is 2.36. The average molecular weight is 355 g/mol. The molecule has 1 aromatic rings. The molecule has 1 amide bonds. The van der Waals surface area contributed by atoms with Crippen LogP contribution in [0, 0.1) is 10.5 Å². The van der Waals surface area contributed by atoms with E-state index in [9.17, 15) is 4.79 Å². The van der Waals surface area contributed by atoms with Crippen LogP contribution in [-0.4, -0.2) is 5.91 Å². The van der Waals surface area contributed by atoms with Crippen LogP contribution in [0.5, 0.6) is 0 Å². The predicted octanol–water partition coefficient (Wildman–Crippen LogP) is 4.43. The van der Waals surface area contributed by atoms with Gasteiger partial charge in [0.1, 0.15) is 0 Å². The van der Waals surface area contributed by atoms with E-state index in [1.54, 1.807) is 0 Å². The van der Waals surface area contributed by atoms with E-state index >= 15 is 0 Å². The topological polar surface area (TPSA) is 29.1 Å². The molecule has 18 heavy (non-hydrogen) atoms. The highest BCUT2D eigenvalue weighted by molar-refractivity contribution is 14.1. The molecule has 0 saturated heterocycles. The van der Waals surface area contributed by atoms with Gasteiger partial charge >= 0.3 is 0 Å². The van der Waals surface area contributed by atoms with Gasteiger partial charge in [-0.1, -0.05) is 17.7 Å². The Labute approximate surface area is 122 Å². The molecule has 2 rings (SSSR count). The zero-order valence-corrected chi connectivity index (χ0v) is 12.8. The Balaban J connectivity index is 1.98. The van der Waals surface area contributed by atoms with Gasteiger partial charge in [-0.15, -0.1) is 0 Å². The molecule has 0 bridgehead atoms. The van der Waals surface area contributed by atoms with Crippen LogP contribution in [0.4, 0.5) is 5.69 Å². The van der Waals surface area contributed by atoms with Gasteiger partial charge in [0.05, 0.1) is 0 Å². The molecule has 3 heteroatoms. The molecule has 0 fully saturated rings. The smallest absolute Gasteiger partial charge is 0.228 e. The summed E-state index contributed by atoms with van der Waals surface area (Å²) < 4.78 is 1.18. The van der Waals surface area contributed by atoms with E-state index in [1.807, 2.05) is 19.1 Å². The maximum absolute atomic E-state index is 12.0. The molecule has 96 valence electrons. The van der Waals surface area contributed by atoms with Gasteiger partial charge in [-0.2, -0.15) is 0 Å². The van der Waals surface area contributed by atoms with Gasteiger partial charge in [-0.3, -0.25) is 4.79 Å². The third-order valence-corrected chi connectivity index (χ3v) is 4.48. The van der Waals surface area contributed by atoms with E-state index in [1.165, 1.54) is 22.0 Å². The Hall–Kier alpha value is -0.840. The van der Waals surface area contributed by atoms with Crippen LogP contribution in [0.25, 0.3) is 0 Å². The van der Waals surface area contributed by atoms with Crippen molar-refractivity contribution in [3.8, 4) is 0 Å². The van der Waals surface area contributed by atoms with Crippen molar-refractivity contribution >= 4 is 34.2 Å². The van der Waals surface area contributed by atoms with Crippen molar-refractivity contribution in [2.24, 2.45) is 0 Å². The first kappa shape index (κ1) is 13.6. The number of nitrogens with one attached hydrogen (secondary N) is 1. The lowest BCUT2D eigenvalue weighted by atomic mass is 9.97. The standard InChI is InChI=1S/C15H18INO/c1-11-13(16)8-5-9-14(11)17-15(18)10-12-6-3-2-4-7-12/h5-6,8-9H,2-4,7,10H2,1H3,(H,17,18). The third-order valence-electron chi connectivity index (χ3n) is 3.31. The van der Waals surface area contributed by atoms with E-state index in [0.717, 1.165) is 24.1 Å². The highest BCUT2D eigenvalue weighted by atomic mass is 127. The van der Waals surface area contributed by atoms with Crippen molar-refractivity contribution in [1.82, 2.24) is 0 Å². The summed E-state index contributed by atoms with van der Waals surface area (Å²) in [6, 6.07) is 5.99. The summed E-state index contributed by atoms with van der Waals surface area (Å²) in [7, 11) is 0. The van der Waals surface area contributed by atoms with Gasteiger partial charge in [-0.25, -0.2) is 0 Å². The van der Waals surface area contributed by atoms with Gasteiger partial charge in [0.2, 0.25) is 5.91 Å². The van der Waals surface area contributed by atoms with E-state index in [-0.39, 0.29) is 5.91 Å². The van der Waals surface area contributed by atoms with Crippen LogP contribution in [0.15, 0.2) is 29.8 Å². The predicted molar refractivity (Wildman–Crippen MR) is 83.7 cm³/mol. The van der Waals surface area contributed by atoms with Gasteiger partial charge in [0.15, 0.2) is 0 Å². The number of allylic oxidation sites excluding steroid dienone is 1. The number of rotatable bonds is 3. The molecule has 0 radical (unpaired) electrons. The fraction of sp³-hybridized carbons (Fsp3) is 0.400. The van der Waals surface area contributed by atoms with Crippen molar-refractivity contribution in [1.29, 1.82) is 0 Å². The van der Waals surface area contributed by atoms with E-state index < -0.39 is 0 Å². The van der Waals surface area contributed by atoms with Crippen LogP contribution in [0.2, 0.25) is 0 Å². The van der Waals surface area contributed by atoms with E-state index in [2.05, 4.69) is 40.1 Å². The molecule has 1 aliphatic rings. The zero-order valence-electron chi connectivity index (χ0n) is 10.6. The fourth-order valence-corrected chi connectivity index (χ4v) is 2.71. The first-order chi connectivity index (χ1) is 8.66. The quantitative estimate of drug-likeness (QED) is 0.631. The Morgan fingerprint density at radius 2 is 2.22 bits per heavy atom. The van der Waals surface area contributed by atoms with Crippen molar-refractivity contribution in [3.63, 3.8) is 0 Å². The van der Waals surface area contributed by atoms with Crippen LogP contribution >= 0.6 is 22.6 Å². The molecular weight excluding hydrogens is 337 g/mol. The Morgan fingerprint density at radius 3 is 2.94 bits per heavy atom. The number of carbonyl (C=O) groups excluding carboxylic acids is 1. The molecule has 0 saturated carbocycles. The van der Waals surface area contributed by atoms with Gasteiger partial charge in [-0.05, 0) is 72.9 Å². The van der Waals surface area contributed by atoms with Gasteiger partial charge < -0.3 is 5.32 Å². The monoisotopic (exact) mass is 355 g/mol. The summed E-state index contributed by atoms with van der Waals surface area (Å²) in [6.45, 7) is 2.04. The van der Waals surface area contributed by atoms with Crippen LogP contribution < -0.4 is 5.32 Å². The number of anilines is 1. The van der Waals surface area contributed by atoms with Crippen molar-refractivity contribution < 1.29 is 4.79 Å². The molecule has 2 nitrogen and oxygen atoms in total. The maximum atomic E-state index is 12.0.